The van der Waals surface area contributed by atoms with E-state index >= 15 is 0 Å². The number of hydrogen-bond acceptors (Lipinski definition) is 1. The van der Waals surface area contributed by atoms with Crippen LogP contribution in [0.25, 0.3) is 11.1 Å². The van der Waals surface area contributed by atoms with Gasteiger partial charge in [-0.2, -0.15) is 13.2 Å². The van der Waals surface area contributed by atoms with Gasteiger partial charge in [0.15, 0.2) is 0 Å². The van der Waals surface area contributed by atoms with Gasteiger partial charge in [-0.1, -0.05) is 36.4 Å². The summed E-state index contributed by atoms with van der Waals surface area (Å²) < 4.78 is 53.1. The predicted octanol–water partition coefficient (Wildman–Crippen LogP) is 4.14. The lowest BCUT2D eigenvalue weighted by Crippen LogP contribution is -2.08. The Morgan fingerprint density at radius 1 is 1.00 bits per heavy atom. The molecule has 0 spiro atoms. The van der Waals surface area contributed by atoms with Crippen LogP contribution in [0.3, 0.4) is 0 Å². The molecule has 0 heterocycles. The number of aliphatic carboxylic acids is 1. The van der Waals surface area contributed by atoms with Gasteiger partial charge in [0.05, 0.1) is 12.0 Å². The lowest BCUT2D eigenvalue weighted by atomic mass is 9.96. The number of carbonyl (C=O) groups is 1. The second kappa shape index (κ2) is 5.55. The normalized spacial score (nSPS) is 11.4. The van der Waals surface area contributed by atoms with Crippen molar-refractivity contribution < 1.29 is 27.5 Å². The molecular weight excluding hydrogens is 288 g/mol. The first-order valence-corrected chi connectivity index (χ1v) is 5.96. The Labute approximate surface area is 117 Å². The molecule has 1 N–H and O–H groups in total. The summed E-state index contributed by atoms with van der Waals surface area (Å²) in [6.07, 6.45) is -5.21. The molecule has 2 aromatic rings. The fraction of sp³-hybridized carbons (Fsp3) is 0.133. The molecule has 0 aliphatic heterocycles. The van der Waals surface area contributed by atoms with Crippen molar-refractivity contribution in [3.8, 4) is 11.1 Å². The third-order valence-electron chi connectivity index (χ3n) is 2.94. The Balaban J connectivity index is 2.61. The van der Waals surface area contributed by atoms with Crippen molar-refractivity contribution in [3.05, 3.63) is 59.4 Å². The van der Waals surface area contributed by atoms with E-state index in [-0.39, 0.29) is 16.7 Å². The summed E-state index contributed by atoms with van der Waals surface area (Å²) in [4.78, 5) is 10.6. The van der Waals surface area contributed by atoms with Crippen molar-refractivity contribution >= 4 is 5.97 Å². The first kappa shape index (κ1) is 15.0. The van der Waals surface area contributed by atoms with E-state index in [1.165, 1.54) is 30.3 Å². The number of benzene rings is 2. The number of hydrogen-bond donors (Lipinski definition) is 1. The van der Waals surface area contributed by atoms with E-state index in [1.54, 1.807) is 0 Å². The predicted molar refractivity (Wildman–Crippen MR) is 68.2 cm³/mol. The topological polar surface area (TPSA) is 37.3 Å². The molecular formula is C15H10F4O2. The van der Waals surface area contributed by atoms with Crippen LogP contribution in [-0.4, -0.2) is 11.1 Å². The van der Waals surface area contributed by atoms with E-state index in [9.17, 15) is 22.4 Å². The summed E-state index contributed by atoms with van der Waals surface area (Å²) in [5, 5.41) is 8.69. The lowest BCUT2D eigenvalue weighted by Gasteiger charge is -2.14. The first-order valence-electron chi connectivity index (χ1n) is 5.96. The fourth-order valence-electron chi connectivity index (χ4n) is 2.05. The molecule has 0 saturated heterocycles. The van der Waals surface area contributed by atoms with Crippen LogP contribution in [0.1, 0.15) is 11.1 Å². The van der Waals surface area contributed by atoms with Crippen molar-refractivity contribution in [2.75, 3.05) is 0 Å². The van der Waals surface area contributed by atoms with Gasteiger partial charge in [0.2, 0.25) is 0 Å². The average Bonchev–Trinajstić information content (AvgIpc) is 2.40. The Hall–Kier alpha value is -2.37. The molecule has 0 aliphatic carbocycles. The molecule has 0 atom stereocenters. The van der Waals surface area contributed by atoms with Crippen LogP contribution < -0.4 is 0 Å². The van der Waals surface area contributed by atoms with Gasteiger partial charge in [-0.15, -0.1) is 0 Å². The highest BCUT2D eigenvalue weighted by Gasteiger charge is 2.34. The van der Waals surface area contributed by atoms with Gasteiger partial charge in [-0.25, -0.2) is 4.39 Å². The van der Waals surface area contributed by atoms with Gasteiger partial charge in [0.25, 0.3) is 0 Å². The molecule has 0 amide bonds. The van der Waals surface area contributed by atoms with Gasteiger partial charge >= 0.3 is 12.1 Å². The van der Waals surface area contributed by atoms with Crippen LogP contribution in [0, 0.1) is 5.82 Å². The average molecular weight is 298 g/mol. The van der Waals surface area contributed by atoms with Crippen LogP contribution in [0.4, 0.5) is 17.6 Å². The molecule has 2 rings (SSSR count). The number of carboxylic acids is 1. The summed E-state index contributed by atoms with van der Waals surface area (Å²) >= 11 is 0. The minimum absolute atomic E-state index is 0.156. The van der Waals surface area contributed by atoms with Gasteiger partial charge < -0.3 is 5.11 Å². The SMILES string of the molecule is O=C(O)Cc1cccc(-c2ccccc2C(F)(F)F)c1F. The molecule has 0 fully saturated rings. The Bertz CT molecular complexity index is 678. The third kappa shape index (κ3) is 3.21. The summed E-state index contributed by atoms with van der Waals surface area (Å²) in [5.41, 5.74) is -1.69. The van der Waals surface area contributed by atoms with Crippen molar-refractivity contribution in [1.29, 1.82) is 0 Å². The molecule has 6 heteroatoms. The number of alkyl halides is 3. The molecule has 0 aliphatic rings. The van der Waals surface area contributed by atoms with Crippen molar-refractivity contribution in [2.45, 2.75) is 12.6 Å². The molecule has 0 bridgehead atoms. The van der Waals surface area contributed by atoms with Crippen LogP contribution in [-0.2, 0) is 17.4 Å². The Morgan fingerprint density at radius 3 is 2.24 bits per heavy atom. The van der Waals surface area contributed by atoms with Gasteiger partial charge in [-0.3, -0.25) is 4.79 Å². The van der Waals surface area contributed by atoms with Gasteiger partial charge in [-0.05, 0) is 17.2 Å². The third-order valence-corrected chi connectivity index (χ3v) is 2.94. The van der Waals surface area contributed by atoms with Crippen molar-refractivity contribution in [1.82, 2.24) is 0 Å². The summed E-state index contributed by atoms with van der Waals surface area (Å²) in [6.45, 7) is 0. The maximum atomic E-state index is 14.3. The van der Waals surface area contributed by atoms with Crippen molar-refractivity contribution in [3.63, 3.8) is 0 Å². The fourth-order valence-corrected chi connectivity index (χ4v) is 2.05. The van der Waals surface area contributed by atoms with Crippen LogP contribution in [0.5, 0.6) is 0 Å². The molecule has 2 aromatic carbocycles. The zero-order chi connectivity index (χ0) is 15.6. The number of halogens is 4. The Kier molecular flexibility index (Phi) is 3.97. The molecule has 0 radical (unpaired) electrons. The zero-order valence-corrected chi connectivity index (χ0v) is 10.6. The molecule has 2 nitrogen and oxygen atoms in total. The highest BCUT2D eigenvalue weighted by Crippen LogP contribution is 2.38. The molecule has 21 heavy (non-hydrogen) atoms. The lowest BCUT2D eigenvalue weighted by molar-refractivity contribution is -0.137. The van der Waals surface area contributed by atoms with E-state index in [4.69, 9.17) is 5.11 Å². The summed E-state index contributed by atoms with van der Waals surface area (Å²) in [6, 6.07) is 8.38. The van der Waals surface area contributed by atoms with Crippen LogP contribution in [0.2, 0.25) is 0 Å². The molecule has 0 aromatic heterocycles. The van der Waals surface area contributed by atoms with Crippen LogP contribution in [0.15, 0.2) is 42.5 Å². The smallest absolute Gasteiger partial charge is 0.417 e. The summed E-state index contributed by atoms with van der Waals surface area (Å²) in [7, 11) is 0. The molecule has 0 saturated carbocycles. The van der Waals surface area contributed by atoms with E-state index in [0.717, 1.165) is 12.1 Å². The van der Waals surface area contributed by atoms with Gasteiger partial charge in [0.1, 0.15) is 5.82 Å². The monoisotopic (exact) mass is 298 g/mol. The number of carboxylic acid groups (broad SMARTS) is 1. The highest BCUT2D eigenvalue weighted by molar-refractivity contribution is 5.74. The maximum Gasteiger partial charge on any atom is 0.417 e. The number of rotatable bonds is 3. The highest BCUT2D eigenvalue weighted by atomic mass is 19.4. The maximum absolute atomic E-state index is 14.3. The van der Waals surface area contributed by atoms with E-state index < -0.39 is 29.9 Å². The first-order chi connectivity index (χ1) is 9.80. The molecule has 110 valence electrons. The quantitative estimate of drug-likeness (QED) is 0.865. The summed E-state index contributed by atoms with van der Waals surface area (Å²) in [5.74, 6) is -2.20. The van der Waals surface area contributed by atoms with E-state index in [0.29, 0.717) is 0 Å². The molecule has 0 unspecified atom stereocenters. The Morgan fingerprint density at radius 2 is 1.62 bits per heavy atom. The van der Waals surface area contributed by atoms with E-state index in [1.807, 2.05) is 0 Å². The van der Waals surface area contributed by atoms with E-state index in [2.05, 4.69) is 0 Å². The minimum atomic E-state index is -4.62. The minimum Gasteiger partial charge on any atom is -0.481 e. The zero-order valence-electron chi connectivity index (χ0n) is 10.6. The second-order valence-electron chi connectivity index (χ2n) is 4.39. The van der Waals surface area contributed by atoms with Crippen LogP contribution >= 0.6 is 0 Å². The van der Waals surface area contributed by atoms with Gasteiger partial charge in [0, 0.05) is 5.56 Å². The second-order valence-corrected chi connectivity index (χ2v) is 4.39. The largest absolute Gasteiger partial charge is 0.481 e. The standard InChI is InChI=1S/C15H10F4O2/c16-14-9(8-13(20)21)4-3-6-11(14)10-5-1-2-7-12(10)15(17,18)19/h1-7H,8H2,(H,20,21). The van der Waals surface area contributed by atoms with Crippen molar-refractivity contribution in [2.24, 2.45) is 0 Å².